The summed E-state index contributed by atoms with van der Waals surface area (Å²) < 4.78 is 0. The SMILES string of the molecule is Cc1ccc2c(c1)SC(C(=O)Nc1cccc(NC(=O)Nc3ccccc3)c1)C2. The Kier molecular flexibility index (Phi) is 5.53. The summed E-state index contributed by atoms with van der Waals surface area (Å²) >= 11 is 1.60. The van der Waals surface area contributed by atoms with Crippen molar-refractivity contribution in [3.8, 4) is 0 Å². The minimum atomic E-state index is -0.336. The zero-order valence-corrected chi connectivity index (χ0v) is 16.8. The Morgan fingerprint density at radius 1 is 0.828 bits per heavy atom. The Bertz CT molecular complexity index is 1050. The molecule has 3 aromatic rings. The van der Waals surface area contributed by atoms with Crippen LogP contribution in [0.2, 0.25) is 0 Å². The molecule has 1 aliphatic heterocycles. The van der Waals surface area contributed by atoms with Gasteiger partial charge in [-0.15, -0.1) is 11.8 Å². The number of hydrogen-bond acceptors (Lipinski definition) is 3. The predicted molar refractivity (Wildman–Crippen MR) is 119 cm³/mol. The van der Waals surface area contributed by atoms with Gasteiger partial charge in [-0.25, -0.2) is 4.79 Å². The predicted octanol–water partition coefficient (Wildman–Crippen LogP) is 5.29. The van der Waals surface area contributed by atoms with E-state index in [0.717, 1.165) is 6.42 Å². The first kappa shape index (κ1) is 19.1. The molecule has 6 heteroatoms. The molecule has 1 heterocycles. The smallest absolute Gasteiger partial charge is 0.323 e. The summed E-state index contributed by atoms with van der Waals surface area (Å²) in [5, 5.41) is 8.37. The lowest BCUT2D eigenvalue weighted by atomic mass is 10.1. The van der Waals surface area contributed by atoms with Crippen LogP contribution in [0, 0.1) is 6.92 Å². The number of anilines is 3. The van der Waals surface area contributed by atoms with Crippen molar-refractivity contribution in [3.63, 3.8) is 0 Å². The van der Waals surface area contributed by atoms with Crippen LogP contribution in [0.3, 0.4) is 0 Å². The molecule has 0 radical (unpaired) electrons. The summed E-state index contributed by atoms with van der Waals surface area (Å²) in [6.45, 7) is 2.06. The number of urea groups is 1. The second-order valence-corrected chi connectivity index (χ2v) is 8.18. The van der Waals surface area contributed by atoms with Gasteiger partial charge in [0.15, 0.2) is 0 Å². The number of aryl methyl sites for hydroxylation is 1. The second-order valence-electron chi connectivity index (χ2n) is 6.94. The molecule has 0 aromatic heterocycles. The van der Waals surface area contributed by atoms with Crippen molar-refractivity contribution >= 4 is 40.8 Å². The van der Waals surface area contributed by atoms with Gasteiger partial charge in [-0.1, -0.05) is 42.0 Å². The van der Waals surface area contributed by atoms with Gasteiger partial charge in [0.05, 0.1) is 5.25 Å². The topological polar surface area (TPSA) is 70.2 Å². The highest BCUT2D eigenvalue weighted by Crippen LogP contribution is 2.38. The van der Waals surface area contributed by atoms with Gasteiger partial charge in [0, 0.05) is 22.0 Å². The van der Waals surface area contributed by atoms with E-state index in [4.69, 9.17) is 0 Å². The number of carbonyl (C=O) groups is 2. The highest BCUT2D eigenvalue weighted by molar-refractivity contribution is 8.01. The van der Waals surface area contributed by atoms with E-state index in [1.807, 2.05) is 36.4 Å². The van der Waals surface area contributed by atoms with Gasteiger partial charge in [0.25, 0.3) is 0 Å². The maximum atomic E-state index is 12.7. The fourth-order valence-corrected chi connectivity index (χ4v) is 4.49. The fourth-order valence-electron chi connectivity index (χ4n) is 3.19. The van der Waals surface area contributed by atoms with E-state index in [-0.39, 0.29) is 17.2 Å². The molecule has 1 aliphatic rings. The van der Waals surface area contributed by atoms with Gasteiger partial charge in [-0.2, -0.15) is 0 Å². The molecule has 146 valence electrons. The number of benzene rings is 3. The lowest BCUT2D eigenvalue weighted by molar-refractivity contribution is -0.115. The number of rotatable bonds is 4. The van der Waals surface area contributed by atoms with Crippen LogP contribution in [0.15, 0.2) is 77.7 Å². The van der Waals surface area contributed by atoms with Gasteiger partial charge in [0.2, 0.25) is 5.91 Å². The lowest BCUT2D eigenvalue weighted by Gasteiger charge is -2.12. The van der Waals surface area contributed by atoms with Gasteiger partial charge in [-0.05, 0) is 55.3 Å². The molecule has 3 aromatic carbocycles. The average molecular weight is 404 g/mol. The standard InChI is InChI=1S/C23H21N3O2S/c1-15-10-11-16-13-21(29-20(16)12-15)22(27)24-18-8-5-9-19(14-18)26-23(28)25-17-6-3-2-4-7-17/h2-12,14,21H,13H2,1H3,(H,24,27)(H2,25,26,28). The summed E-state index contributed by atoms with van der Waals surface area (Å²) in [7, 11) is 0. The van der Waals surface area contributed by atoms with E-state index in [2.05, 4.69) is 41.1 Å². The summed E-state index contributed by atoms with van der Waals surface area (Å²) in [6.07, 6.45) is 0.726. The number of thioether (sulfide) groups is 1. The number of hydrogen-bond donors (Lipinski definition) is 3. The largest absolute Gasteiger partial charge is 0.325 e. The molecular formula is C23H21N3O2S. The van der Waals surface area contributed by atoms with Crippen LogP contribution in [0.4, 0.5) is 21.9 Å². The zero-order valence-electron chi connectivity index (χ0n) is 15.9. The van der Waals surface area contributed by atoms with Crippen LogP contribution in [-0.2, 0) is 11.2 Å². The normalized spacial score (nSPS) is 14.7. The number of para-hydroxylation sites is 1. The number of nitrogens with one attached hydrogen (secondary N) is 3. The van der Waals surface area contributed by atoms with Crippen LogP contribution >= 0.6 is 11.8 Å². The number of carbonyl (C=O) groups excluding carboxylic acids is 2. The Hall–Kier alpha value is -3.25. The summed E-state index contributed by atoms with van der Waals surface area (Å²) in [5.74, 6) is -0.0326. The van der Waals surface area contributed by atoms with Crippen molar-refractivity contribution in [2.24, 2.45) is 0 Å². The third-order valence-corrected chi connectivity index (χ3v) is 5.91. The highest BCUT2D eigenvalue weighted by atomic mass is 32.2. The van der Waals surface area contributed by atoms with E-state index >= 15 is 0 Å². The number of fused-ring (bicyclic) bond motifs is 1. The Morgan fingerprint density at radius 3 is 2.31 bits per heavy atom. The van der Waals surface area contributed by atoms with E-state index in [9.17, 15) is 9.59 Å². The van der Waals surface area contributed by atoms with Crippen molar-refractivity contribution in [1.82, 2.24) is 0 Å². The van der Waals surface area contributed by atoms with Gasteiger partial charge < -0.3 is 16.0 Å². The minimum absolute atomic E-state index is 0.0326. The maximum absolute atomic E-state index is 12.7. The van der Waals surface area contributed by atoms with Crippen LogP contribution in [-0.4, -0.2) is 17.2 Å². The van der Waals surface area contributed by atoms with Crippen LogP contribution in [0.25, 0.3) is 0 Å². The third kappa shape index (κ3) is 4.78. The molecule has 0 bridgehead atoms. The maximum Gasteiger partial charge on any atom is 0.323 e. The van der Waals surface area contributed by atoms with Crippen LogP contribution in [0.5, 0.6) is 0 Å². The van der Waals surface area contributed by atoms with E-state index in [1.165, 1.54) is 16.0 Å². The number of amides is 3. The first-order valence-corrected chi connectivity index (χ1v) is 10.2. The molecule has 3 N–H and O–H groups in total. The monoisotopic (exact) mass is 403 g/mol. The van der Waals surface area contributed by atoms with Crippen molar-refractivity contribution in [2.45, 2.75) is 23.5 Å². The van der Waals surface area contributed by atoms with E-state index in [1.54, 1.807) is 30.0 Å². The lowest BCUT2D eigenvalue weighted by Crippen LogP contribution is -2.24. The third-order valence-electron chi connectivity index (χ3n) is 4.61. The van der Waals surface area contributed by atoms with Crippen molar-refractivity contribution in [2.75, 3.05) is 16.0 Å². The minimum Gasteiger partial charge on any atom is -0.325 e. The summed E-state index contributed by atoms with van der Waals surface area (Å²) in [4.78, 5) is 26.1. The quantitative estimate of drug-likeness (QED) is 0.554. The van der Waals surface area contributed by atoms with Crippen molar-refractivity contribution < 1.29 is 9.59 Å². The Labute approximate surface area is 173 Å². The highest BCUT2D eigenvalue weighted by Gasteiger charge is 2.28. The molecule has 0 saturated carbocycles. The van der Waals surface area contributed by atoms with Crippen LogP contribution < -0.4 is 16.0 Å². The first-order chi connectivity index (χ1) is 14.1. The van der Waals surface area contributed by atoms with Gasteiger partial charge in [-0.3, -0.25) is 4.79 Å². The Morgan fingerprint density at radius 2 is 1.52 bits per heavy atom. The zero-order chi connectivity index (χ0) is 20.2. The molecule has 29 heavy (non-hydrogen) atoms. The van der Waals surface area contributed by atoms with Gasteiger partial charge in [0.1, 0.15) is 0 Å². The van der Waals surface area contributed by atoms with E-state index in [0.29, 0.717) is 17.1 Å². The summed E-state index contributed by atoms with van der Waals surface area (Å²) in [6, 6.07) is 22.3. The summed E-state index contributed by atoms with van der Waals surface area (Å²) in [5.41, 5.74) is 4.38. The first-order valence-electron chi connectivity index (χ1n) is 9.37. The molecular weight excluding hydrogens is 382 g/mol. The van der Waals surface area contributed by atoms with Crippen LogP contribution in [0.1, 0.15) is 11.1 Å². The second kappa shape index (κ2) is 8.41. The molecule has 1 atom stereocenters. The molecule has 1 unspecified atom stereocenters. The van der Waals surface area contributed by atoms with Gasteiger partial charge >= 0.3 is 6.03 Å². The Balaban J connectivity index is 1.36. The fraction of sp³-hybridized carbons (Fsp3) is 0.130. The van der Waals surface area contributed by atoms with Crippen molar-refractivity contribution in [1.29, 1.82) is 0 Å². The molecule has 0 aliphatic carbocycles. The molecule has 0 spiro atoms. The molecule has 0 saturated heterocycles. The molecule has 4 rings (SSSR count). The molecule has 3 amide bonds. The van der Waals surface area contributed by atoms with E-state index < -0.39 is 0 Å². The average Bonchev–Trinajstić information content (AvgIpc) is 3.12. The molecule has 5 nitrogen and oxygen atoms in total. The molecule has 0 fully saturated rings. The van der Waals surface area contributed by atoms with Crippen molar-refractivity contribution in [3.05, 3.63) is 83.9 Å².